The van der Waals surface area contributed by atoms with E-state index >= 15 is 0 Å². The van der Waals surface area contributed by atoms with Crippen molar-refractivity contribution in [1.29, 1.82) is 0 Å². The zero-order valence-corrected chi connectivity index (χ0v) is 15.5. The highest BCUT2D eigenvalue weighted by molar-refractivity contribution is 6.31. The van der Waals surface area contributed by atoms with Crippen LogP contribution >= 0.6 is 11.6 Å². The number of halogens is 1. The van der Waals surface area contributed by atoms with Crippen LogP contribution in [0.4, 0.5) is 0 Å². The number of nitrogens with zero attached hydrogens (tertiary/aromatic N) is 3. The molecule has 6 heteroatoms. The molecule has 0 saturated carbocycles. The first-order valence-electron chi connectivity index (χ1n) is 8.37. The van der Waals surface area contributed by atoms with E-state index in [0.717, 1.165) is 11.1 Å². The molecule has 0 N–H and O–H groups in total. The molecule has 3 aromatic rings. The first-order valence-corrected chi connectivity index (χ1v) is 8.74. The second-order valence-electron chi connectivity index (χ2n) is 6.15. The fraction of sp³-hybridized carbons (Fsp3) is 0.250. The van der Waals surface area contributed by atoms with Gasteiger partial charge in [0, 0.05) is 31.3 Å². The first-order chi connectivity index (χ1) is 12.5. The van der Waals surface area contributed by atoms with Crippen LogP contribution in [-0.2, 0) is 11.3 Å². The number of aromatic nitrogens is 2. The van der Waals surface area contributed by atoms with Crippen molar-refractivity contribution in [2.75, 3.05) is 7.05 Å². The highest BCUT2D eigenvalue weighted by Gasteiger charge is 2.23. The Morgan fingerprint density at radius 1 is 1.12 bits per heavy atom. The molecular formula is C20H20ClN3O2. The van der Waals surface area contributed by atoms with E-state index in [1.165, 1.54) is 0 Å². The summed E-state index contributed by atoms with van der Waals surface area (Å²) in [6, 6.07) is 17.6. The highest BCUT2D eigenvalue weighted by atomic mass is 35.5. The van der Waals surface area contributed by atoms with Crippen LogP contribution in [0.2, 0.25) is 5.02 Å². The van der Waals surface area contributed by atoms with Crippen molar-refractivity contribution >= 4 is 17.5 Å². The summed E-state index contributed by atoms with van der Waals surface area (Å²) in [5.74, 6) is 0.769. The molecule has 1 amide bonds. The topological polar surface area (TPSA) is 59.2 Å². The number of amides is 1. The summed E-state index contributed by atoms with van der Waals surface area (Å²) in [5, 5.41) is 8.40. The van der Waals surface area contributed by atoms with Crippen LogP contribution in [0.15, 0.2) is 59.0 Å². The molecule has 0 fully saturated rings. The summed E-state index contributed by atoms with van der Waals surface area (Å²) >= 11 is 6.41. The molecule has 134 valence electrons. The van der Waals surface area contributed by atoms with Gasteiger partial charge in [-0.1, -0.05) is 60.1 Å². The molecule has 5 nitrogen and oxygen atoms in total. The van der Waals surface area contributed by atoms with E-state index in [9.17, 15) is 4.79 Å². The average Bonchev–Trinajstić information content (AvgIpc) is 3.05. The monoisotopic (exact) mass is 369 g/mol. The van der Waals surface area contributed by atoms with E-state index in [2.05, 4.69) is 10.2 Å². The summed E-state index contributed by atoms with van der Waals surface area (Å²) < 4.78 is 5.36. The third kappa shape index (κ3) is 4.29. The Hall–Kier alpha value is -2.66. The Labute approximate surface area is 157 Å². The fourth-order valence-electron chi connectivity index (χ4n) is 2.87. The third-order valence-electron chi connectivity index (χ3n) is 4.23. The molecule has 0 unspecified atom stereocenters. The van der Waals surface area contributed by atoms with Crippen LogP contribution in [0.1, 0.15) is 35.2 Å². The van der Waals surface area contributed by atoms with Gasteiger partial charge in [-0.3, -0.25) is 4.79 Å². The van der Waals surface area contributed by atoms with Crippen molar-refractivity contribution in [3.63, 3.8) is 0 Å². The Kier molecular flexibility index (Phi) is 5.68. The van der Waals surface area contributed by atoms with Gasteiger partial charge in [-0.05, 0) is 17.2 Å². The molecule has 0 radical (unpaired) electrons. The standard InChI is InChI=1S/C20H20ClN3O2/c1-14-22-23-19(26-14)13-24(2)20(25)12-17(15-8-4-3-5-9-15)16-10-6-7-11-18(16)21/h3-11,17H,12-13H2,1-2H3/t17-/m0/s1. The molecule has 0 aliphatic rings. The Morgan fingerprint density at radius 3 is 2.46 bits per heavy atom. The van der Waals surface area contributed by atoms with Crippen LogP contribution in [0, 0.1) is 6.92 Å². The van der Waals surface area contributed by atoms with Crippen LogP contribution in [0.3, 0.4) is 0 Å². The second kappa shape index (κ2) is 8.15. The normalized spacial score (nSPS) is 12.0. The lowest BCUT2D eigenvalue weighted by atomic mass is 9.88. The van der Waals surface area contributed by atoms with Crippen molar-refractivity contribution in [2.24, 2.45) is 0 Å². The quantitative estimate of drug-likeness (QED) is 0.653. The smallest absolute Gasteiger partial charge is 0.235 e. The van der Waals surface area contributed by atoms with Gasteiger partial charge in [0.2, 0.25) is 17.7 Å². The minimum absolute atomic E-state index is 0.0189. The van der Waals surface area contributed by atoms with Crippen LogP contribution in [0.5, 0.6) is 0 Å². The molecule has 26 heavy (non-hydrogen) atoms. The van der Waals surface area contributed by atoms with E-state index in [4.69, 9.17) is 16.0 Å². The Balaban J connectivity index is 1.81. The number of rotatable bonds is 6. The van der Waals surface area contributed by atoms with Crippen molar-refractivity contribution in [3.05, 3.63) is 82.5 Å². The molecule has 1 atom stereocenters. The molecule has 0 aliphatic carbocycles. The van der Waals surface area contributed by atoms with Gasteiger partial charge in [0.1, 0.15) is 0 Å². The van der Waals surface area contributed by atoms with Gasteiger partial charge in [0.25, 0.3) is 0 Å². The van der Waals surface area contributed by atoms with Gasteiger partial charge in [-0.15, -0.1) is 10.2 Å². The molecule has 1 aromatic heterocycles. The SMILES string of the molecule is Cc1nnc(CN(C)C(=O)C[C@@H](c2ccccc2)c2ccccc2Cl)o1. The lowest BCUT2D eigenvalue weighted by molar-refractivity contribution is -0.130. The summed E-state index contributed by atoms with van der Waals surface area (Å²) in [7, 11) is 1.73. The van der Waals surface area contributed by atoms with Crippen molar-refractivity contribution < 1.29 is 9.21 Å². The summed E-state index contributed by atoms with van der Waals surface area (Å²) in [6.07, 6.45) is 0.303. The summed E-state index contributed by atoms with van der Waals surface area (Å²) in [5.41, 5.74) is 1.99. The van der Waals surface area contributed by atoms with Gasteiger partial charge in [-0.2, -0.15) is 0 Å². The Bertz CT molecular complexity index is 880. The number of benzene rings is 2. The highest BCUT2D eigenvalue weighted by Crippen LogP contribution is 2.33. The van der Waals surface area contributed by atoms with Gasteiger partial charge >= 0.3 is 0 Å². The zero-order chi connectivity index (χ0) is 18.5. The molecule has 0 saturated heterocycles. The maximum atomic E-state index is 12.8. The molecular weight excluding hydrogens is 350 g/mol. The van der Waals surface area contributed by atoms with E-state index in [-0.39, 0.29) is 18.4 Å². The molecule has 2 aromatic carbocycles. The summed E-state index contributed by atoms with van der Waals surface area (Å²) in [4.78, 5) is 14.4. The van der Waals surface area contributed by atoms with Gasteiger partial charge in [0.05, 0.1) is 6.54 Å². The average molecular weight is 370 g/mol. The molecule has 3 rings (SSSR count). The van der Waals surface area contributed by atoms with Crippen LogP contribution in [-0.4, -0.2) is 28.1 Å². The molecule has 0 bridgehead atoms. The first kappa shape index (κ1) is 18.1. The van der Waals surface area contributed by atoms with E-state index < -0.39 is 0 Å². The van der Waals surface area contributed by atoms with Crippen LogP contribution < -0.4 is 0 Å². The lowest BCUT2D eigenvalue weighted by Crippen LogP contribution is -2.28. The van der Waals surface area contributed by atoms with E-state index in [0.29, 0.717) is 23.2 Å². The number of carbonyl (C=O) groups is 1. The predicted octanol–water partition coefficient (Wildman–Crippen LogP) is 4.21. The molecule has 0 spiro atoms. The second-order valence-corrected chi connectivity index (χ2v) is 6.56. The predicted molar refractivity (Wildman–Crippen MR) is 99.9 cm³/mol. The van der Waals surface area contributed by atoms with Gasteiger partial charge in [-0.25, -0.2) is 0 Å². The zero-order valence-electron chi connectivity index (χ0n) is 14.7. The van der Waals surface area contributed by atoms with Crippen molar-refractivity contribution in [3.8, 4) is 0 Å². The van der Waals surface area contributed by atoms with Crippen LogP contribution in [0.25, 0.3) is 0 Å². The van der Waals surface area contributed by atoms with Gasteiger partial charge < -0.3 is 9.32 Å². The number of hydrogen-bond donors (Lipinski definition) is 0. The minimum atomic E-state index is -0.121. The van der Waals surface area contributed by atoms with E-state index in [1.807, 2.05) is 54.6 Å². The van der Waals surface area contributed by atoms with Crippen molar-refractivity contribution in [1.82, 2.24) is 15.1 Å². The molecule has 1 heterocycles. The van der Waals surface area contributed by atoms with Gasteiger partial charge in [0.15, 0.2) is 0 Å². The Morgan fingerprint density at radius 2 is 1.81 bits per heavy atom. The lowest BCUT2D eigenvalue weighted by Gasteiger charge is -2.22. The third-order valence-corrected chi connectivity index (χ3v) is 4.57. The largest absolute Gasteiger partial charge is 0.424 e. The number of carbonyl (C=O) groups excluding carboxylic acids is 1. The maximum absolute atomic E-state index is 12.8. The fourth-order valence-corrected chi connectivity index (χ4v) is 3.14. The minimum Gasteiger partial charge on any atom is -0.424 e. The number of aryl methyl sites for hydroxylation is 1. The van der Waals surface area contributed by atoms with Crippen molar-refractivity contribution in [2.45, 2.75) is 25.8 Å². The maximum Gasteiger partial charge on any atom is 0.235 e. The number of hydrogen-bond acceptors (Lipinski definition) is 4. The summed E-state index contributed by atoms with van der Waals surface area (Å²) in [6.45, 7) is 2.00. The molecule has 0 aliphatic heterocycles. The van der Waals surface area contributed by atoms with E-state index in [1.54, 1.807) is 18.9 Å².